The fourth-order valence-corrected chi connectivity index (χ4v) is 5.32. The molecule has 3 aromatic carbocycles. The van der Waals surface area contributed by atoms with Crippen molar-refractivity contribution in [2.45, 2.75) is 19.1 Å². The molecule has 214 valence electrons. The van der Waals surface area contributed by atoms with Crippen LogP contribution in [0.3, 0.4) is 0 Å². The van der Waals surface area contributed by atoms with Crippen LogP contribution in [0.15, 0.2) is 84.9 Å². The number of methoxy groups -OCH3 is 1. The molecule has 0 fully saturated rings. The molecule has 0 aliphatic heterocycles. The first kappa shape index (κ1) is 31.2. The van der Waals surface area contributed by atoms with Crippen LogP contribution in [-0.2, 0) is 40.3 Å². The maximum Gasteiger partial charge on any atom is 0.274 e. The minimum absolute atomic E-state index is 0.150. The van der Waals surface area contributed by atoms with Gasteiger partial charge >= 0.3 is 0 Å². The summed E-state index contributed by atoms with van der Waals surface area (Å²) in [4.78, 5) is 49.8. The molecule has 0 spiro atoms. The van der Waals surface area contributed by atoms with Gasteiger partial charge in [-0.25, -0.2) is 4.31 Å². The maximum atomic E-state index is 12.9. The van der Waals surface area contributed by atoms with Crippen LogP contribution in [-0.4, -0.2) is 38.1 Å². The highest BCUT2D eigenvalue weighted by Gasteiger charge is 2.26. The number of phosphoric ester groups is 2. The molecule has 40 heavy (non-hydrogen) atoms. The molecular formula is C26H28N2O10P2-2. The Kier molecular flexibility index (Phi) is 11.6. The van der Waals surface area contributed by atoms with Crippen molar-refractivity contribution in [1.29, 1.82) is 0 Å². The van der Waals surface area contributed by atoms with Crippen LogP contribution in [0.5, 0.6) is 5.75 Å². The van der Waals surface area contributed by atoms with E-state index in [-0.39, 0.29) is 12.1 Å². The fourth-order valence-electron chi connectivity index (χ4n) is 3.32. The Morgan fingerprint density at radius 2 is 1.43 bits per heavy atom. The average molecular weight is 590 g/mol. The molecule has 0 aliphatic carbocycles. The summed E-state index contributed by atoms with van der Waals surface area (Å²) in [6.07, 6.45) is 0.428. The van der Waals surface area contributed by atoms with Gasteiger partial charge in [0.2, 0.25) is 5.91 Å². The van der Waals surface area contributed by atoms with E-state index in [1.165, 1.54) is 12.1 Å². The lowest BCUT2D eigenvalue weighted by molar-refractivity contribution is -0.244. The second-order valence-corrected chi connectivity index (χ2v) is 11.3. The van der Waals surface area contributed by atoms with E-state index in [0.29, 0.717) is 17.7 Å². The van der Waals surface area contributed by atoms with Crippen LogP contribution in [0.1, 0.15) is 21.5 Å². The van der Waals surface area contributed by atoms with E-state index in [1.54, 1.807) is 67.8 Å². The van der Waals surface area contributed by atoms with Crippen molar-refractivity contribution in [3.8, 4) is 5.75 Å². The fraction of sp³-hybridized carbons (Fsp3) is 0.231. The summed E-state index contributed by atoms with van der Waals surface area (Å²) in [6.45, 7) is -1.25. The van der Waals surface area contributed by atoms with Crippen molar-refractivity contribution in [2.75, 3.05) is 20.3 Å². The van der Waals surface area contributed by atoms with E-state index < -0.39 is 46.7 Å². The number of ether oxygens (including phenoxy) is 1. The highest BCUT2D eigenvalue weighted by atomic mass is 31.3. The third-order valence-corrected chi connectivity index (χ3v) is 7.87. The first-order chi connectivity index (χ1) is 19.1. The molecule has 0 bridgehead atoms. The molecular weight excluding hydrogens is 562 g/mol. The van der Waals surface area contributed by atoms with Crippen LogP contribution in [0.2, 0.25) is 0 Å². The molecule has 2 N–H and O–H groups in total. The van der Waals surface area contributed by atoms with Crippen LogP contribution < -0.4 is 25.2 Å². The van der Waals surface area contributed by atoms with Crippen LogP contribution in [0, 0.1) is 0 Å². The minimum atomic E-state index is -5.52. The standard InChI is InChI=1S/C26H30N2O10P2/c1-35-23-14-12-20(13-15-23)16-17-27-26(30)24(28-25(29)22-10-6-3-7-11-22)19-37-40(33,34)38-39(31,32)36-18-21-8-4-2-5-9-21/h2-15,24H,16-19H2,1H3,(H,27,30)(H,28,29)(H,31,32)(H,33,34)/p-2/t24-/m0/s1. The lowest BCUT2D eigenvalue weighted by Gasteiger charge is -2.31. The van der Waals surface area contributed by atoms with Crippen molar-refractivity contribution in [1.82, 2.24) is 10.6 Å². The molecule has 3 rings (SSSR count). The summed E-state index contributed by atoms with van der Waals surface area (Å²) >= 11 is 0. The molecule has 12 nitrogen and oxygen atoms in total. The van der Waals surface area contributed by atoms with E-state index in [0.717, 1.165) is 5.56 Å². The molecule has 0 radical (unpaired) electrons. The number of hydrogen-bond donors (Lipinski definition) is 2. The average Bonchev–Trinajstić information content (AvgIpc) is 2.95. The molecule has 0 heterocycles. The predicted molar refractivity (Wildman–Crippen MR) is 141 cm³/mol. The van der Waals surface area contributed by atoms with E-state index in [9.17, 15) is 28.5 Å². The van der Waals surface area contributed by atoms with Crippen molar-refractivity contribution in [2.24, 2.45) is 0 Å². The van der Waals surface area contributed by atoms with Crippen molar-refractivity contribution < 1.29 is 46.6 Å². The van der Waals surface area contributed by atoms with Crippen molar-refractivity contribution >= 4 is 27.5 Å². The van der Waals surface area contributed by atoms with Gasteiger partial charge in [-0.15, -0.1) is 0 Å². The summed E-state index contributed by atoms with van der Waals surface area (Å²) in [7, 11) is -9.32. The third kappa shape index (κ3) is 10.7. The summed E-state index contributed by atoms with van der Waals surface area (Å²) < 4.78 is 42.8. The van der Waals surface area contributed by atoms with Gasteiger partial charge < -0.3 is 34.2 Å². The first-order valence-electron chi connectivity index (χ1n) is 12.0. The zero-order valence-corrected chi connectivity index (χ0v) is 23.3. The van der Waals surface area contributed by atoms with Gasteiger partial charge in [-0.3, -0.25) is 18.7 Å². The Labute approximate surface area is 231 Å². The Bertz CT molecular complexity index is 1340. The van der Waals surface area contributed by atoms with E-state index in [1.807, 2.05) is 12.1 Å². The molecule has 2 unspecified atom stereocenters. The smallest absolute Gasteiger partial charge is 0.274 e. The van der Waals surface area contributed by atoms with Gasteiger partial charge in [-0.1, -0.05) is 60.7 Å². The SMILES string of the molecule is COc1ccc(CCNC(=O)[C@H](COP(=O)([O-])OP(=O)([O-])OCc2ccccc2)NC(=O)c2ccccc2)cc1. The molecule has 2 amide bonds. The number of hydrogen-bond acceptors (Lipinski definition) is 10. The second-order valence-electron chi connectivity index (χ2n) is 8.31. The molecule has 0 saturated heterocycles. The largest absolute Gasteiger partial charge is 0.756 e. The molecule has 3 atom stereocenters. The molecule has 0 saturated carbocycles. The minimum Gasteiger partial charge on any atom is -0.756 e. The molecule has 0 aromatic heterocycles. The first-order valence-corrected chi connectivity index (χ1v) is 14.9. The molecule has 3 aromatic rings. The number of nitrogens with one attached hydrogen (secondary N) is 2. The topological polar surface area (TPSA) is 175 Å². The Balaban J connectivity index is 1.60. The number of phosphoric acid groups is 2. The second kappa shape index (κ2) is 14.9. The lowest BCUT2D eigenvalue weighted by atomic mass is 10.1. The maximum absolute atomic E-state index is 12.9. The van der Waals surface area contributed by atoms with Gasteiger partial charge in [-0.05, 0) is 41.8 Å². The van der Waals surface area contributed by atoms with E-state index in [2.05, 4.69) is 24.0 Å². The predicted octanol–water partition coefficient (Wildman–Crippen LogP) is 2.34. The quantitative estimate of drug-likeness (QED) is 0.250. The third-order valence-electron chi connectivity index (χ3n) is 5.36. The van der Waals surface area contributed by atoms with Crippen molar-refractivity contribution in [3.63, 3.8) is 0 Å². The van der Waals surface area contributed by atoms with Crippen LogP contribution in [0.4, 0.5) is 0 Å². The van der Waals surface area contributed by atoms with Gasteiger partial charge in [0.15, 0.2) is 0 Å². The van der Waals surface area contributed by atoms with Gasteiger partial charge in [0.05, 0.1) is 20.3 Å². The number of benzene rings is 3. The lowest BCUT2D eigenvalue weighted by Crippen LogP contribution is -2.49. The van der Waals surface area contributed by atoms with Gasteiger partial charge in [0.1, 0.15) is 11.8 Å². The summed E-state index contributed by atoms with van der Waals surface area (Å²) in [5.41, 5.74) is 1.55. The number of amides is 2. The summed E-state index contributed by atoms with van der Waals surface area (Å²) in [5, 5.41) is 4.99. The highest BCUT2D eigenvalue weighted by molar-refractivity contribution is 7.59. The zero-order valence-electron chi connectivity index (χ0n) is 21.5. The normalized spacial score (nSPS) is 14.8. The number of carbonyl (C=O) groups excluding carboxylic acids is 2. The van der Waals surface area contributed by atoms with Gasteiger partial charge in [0, 0.05) is 12.1 Å². The van der Waals surface area contributed by atoms with Crippen LogP contribution >= 0.6 is 15.6 Å². The zero-order chi connectivity index (χ0) is 29.0. The molecule has 14 heteroatoms. The number of rotatable bonds is 15. The summed E-state index contributed by atoms with van der Waals surface area (Å²) in [5.74, 6) is -0.767. The van der Waals surface area contributed by atoms with E-state index >= 15 is 0 Å². The van der Waals surface area contributed by atoms with E-state index in [4.69, 9.17) is 4.74 Å². The Morgan fingerprint density at radius 3 is 2.05 bits per heavy atom. The van der Waals surface area contributed by atoms with Crippen molar-refractivity contribution in [3.05, 3.63) is 102 Å². The molecule has 0 aliphatic rings. The van der Waals surface area contributed by atoms with Gasteiger partial charge in [0.25, 0.3) is 21.6 Å². The monoisotopic (exact) mass is 590 g/mol. The van der Waals surface area contributed by atoms with Gasteiger partial charge in [-0.2, -0.15) is 0 Å². The van der Waals surface area contributed by atoms with Crippen LogP contribution in [0.25, 0.3) is 0 Å². The summed E-state index contributed by atoms with van der Waals surface area (Å²) in [6, 6.07) is 21.7. The highest BCUT2D eigenvalue weighted by Crippen LogP contribution is 2.55. The Hall–Kier alpha value is -3.34. The number of carbonyl (C=O) groups is 2. The Morgan fingerprint density at radius 1 is 0.825 bits per heavy atom.